The van der Waals surface area contributed by atoms with Gasteiger partial charge in [0, 0.05) is 12.2 Å². The molecule has 2 rings (SSSR count). The number of nitrogens with zero attached hydrogens (tertiary/aromatic N) is 1. The summed E-state index contributed by atoms with van der Waals surface area (Å²) in [7, 11) is 0. The third-order valence-corrected chi connectivity index (χ3v) is 3.67. The van der Waals surface area contributed by atoms with Crippen LogP contribution in [0.2, 0.25) is 0 Å². The molecule has 1 heterocycles. The van der Waals surface area contributed by atoms with Gasteiger partial charge in [0.15, 0.2) is 0 Å². The monoisotopic (exact) mass is 292 g/mol. The second-order valence-electron chi connectivity index (χ2n) is 5.07. The van der Waals surface area contributed by atoms with Crippen LogP contribution in [-0.2, 0) is 9.53 Å². The van der Waals surface area contributed by atoms with Gasteiger partial charge in [-0.2, -0.15) is 0 Å². The number of aliphatic carboxylic acids is 1. The van der Waals surface area contributed by atoms with E-state index < -0.39 is 17.9 Å². The SMILES string of the molecule is CCN(C(=O)NC1COCC1C(=O)O)c1ccccc1C. The molecule has 0 aromatic heterocycles. The van der Waals surface area contributed by atoms with Crippen molar-refractivity contribution >= 4 is 17.7 Å². The Kier molecular flexibility index (Phi) is 4.80. The summed E-state index contributed by atoms with van der Waals surface area (Å²) >= 11 is 0. The Bertz CT molecular complexity index is 532. The fourth-order valence-electron chi connectivity index (χ4n) is 2.47. The van der Waals surface area contributed by atoms with Crippen LogP contribution in [0.5, 0.6) is 0 Å². The molecular formula is C15H20N2O4. The smallest absolute Gasteiger partial charge is 0.322 e. The fraction of sp³-hybridized carbons (Fsp3) is 0.467. The van der Waals surface area contributed by atoms with E-state index in [0.29, 0.717) is 6.54 Å². The first kappa shape index (κ1) is 15.3. The number of nitrogens with one attached hydrogen (secondary N) is 1. The maximum absolute atomic E-state index is 12.4. The molecule has 1 aliphatic rings. The average molecular weight is 292 g/mol. The minimum atomic E-state index is -0.947. The summed E-state index contributed by atoms with van der Waals surface area (Å²) in [4.78, 5) is 25.1. The molecule has 21 heavy (non-hydrogen) atoms. The van der Waals surface area contributed by atoms with E-state index in [2.05, 4.69) is 5.32 Å². The van der Waals surface area contributed by atoms with Crippen molar-refractivity contribution in [2.24, 2.45) is 5.92 Å². The zero-order valence-corrected chi connectivity index (χ0v) is 12.2. The molecule has 2 N–H and O–H groups in total. The Hall–Kier alpha value is -2.08. The molecule has 1 aromatic rings. The molecule has 2 atom stereocenters. The van der Waals surface area contributed by atoms with E-state index in [4.69, 9.17) is 9.84 Å². The summed E-state index contributed by atoms with van der Waals surface area (Å²) in [6.07, 6.45) is 0. The van der Waals surface area contributed by atoms with E-state index >= 15 is 0 Å². The highest BCUT2D eigenvalue weighted by Crippen LogP contribution is 2.20. The normalized spacial score (nSPS) is 21.0. The Morgan fingerprint density at radius 2 is 2.10 bits per heavy atom. The molecule has 1 saturated heterocycles. The van der Waals surface area contributed by atoms with Crippen LogP contribution in [0.1, 0.15) is 12.5 Å². The van der Waals surface area contributed by atoms with Crippen molar-refractivity contribution in [3.8, 4) is 0 Å². The van der Waals surface area contributed by atoms with Crippen LogP contribution >= 0.6 is 0 Å². The number of carbonyl (C=O) groups excluding carboxylic acids is 1. The topological polar surface area (TPSA) is 78.9 Å². The van der Waals surface area contributed by atoms with Gasteiger partial charge in [-0.3, -0.25) is 9.69 Å². The number of aryl methyl sites for hydroxylation is 1. The average Bonchev–Trinajstić information content (AvgIpc) is 2.90. The van der Waals surface area contributed by atoms with Gasteiger partial charge in [-0.15, -0.1) is 0 Å². The van der Waals surface area contributed by atoms with Crippen molar-refractivity contribution in [2.75, 3.05) is 24.7 Å². The number of hydrogen-bond acceptors (Lipinski definition) is 3. The maximum Gasteiger partial charge on any atom is 0.322 e. The van der Waals surface area contributed by atoms with Crippen LogP contribution in [0.3, 0.4) is 0 Å². The lowest BCUT2D eigenvalue weighted by Crippen LogP contribution is -2.49. The highest BCUT2D eigenvalue weighted by atomic mass is 16.5. The molecule has 6 heteroatoms. The maximum atomic E-state index is 12.4. The predicted molar refractivity (Wildman–Crippen MR) is 78.5 cm³/mol. The number of ether oxygens (including phenoxy) is 1. The number of amides is 2. The van der Waals surface area contributed by atoms with Gasteiger partial charge >= 0.3 is 12.0 Å². The molecule has 114 valence electrons. The lowest BCUT2D eigenvalue weighted by atomic mass is 10.0. The second-order valence-corrected chi connectivity index (χ2v) is 5.07. The van der Waals surface area contributed by atoms with E-state index in [-0.39, 0.29) is 19.2 Å². The number of urea groups is 1. The van der Waals surface area contributed by atoms with Gasteiger partial charge in [0.2, 0.25) is 0 Å². The van der Waals surface area contributed by atoms with Crippen molar-refractivity contribution in [1.29, 1.82) is 0 Å². The largest absolute Gasteiger partial charge is 0.481 e. The van der Waals surface area contributed by atoms with Gasteiger partial charge in [-0.05, 0) is 25.5 Å². The minimum absolute atomic E-state index is 0.136. The van der Waals surface area contributed by atoms with Crippen LogP contribution < -0.4 is 10.2 Å². The molecule has 0 radical (unpaired) electrons. The van der Waals surface area contributed by atoms with Gasteiger partial charge in [0.25, 0.3) is 0 Å². The number of para-hydroxylation sites is 1. The molecular weight excluding hydrogens is 272 g/mol. The van der Waals surface area contributed by atoms with Crippen molar-refractivity contribution in [2.45, 2.75) is 19.9 Å². The van der Waals surface area contributed by atoms with Gasteiger partial charge < -0.3 is 15.2 Å². The molecule has 0 saturated carbocycles. The summed E-state index contributed by atoms with van der Waals surface area (Å²) in [6.45, 7) is 4.68. The van der Waals surface area contributed by atoms with E-state index in [9.17, 15) is 9.59 Å². The van der Waals surface area contributed by atoms with Crippen LogP contribution in [0.15, 0.2) is 24.3 Å². The van der Waals surface area contributed by atoms with E-state index in [1.54, 1.807) is 4.90 Å². The molecule has 1 aliphatic heterocycles. The van der Waals surface area contributed by atoms with Crippen molar-refractivity contribution < 1.29 is 19.4 Å². The predicted octanol–water partition coefficient (Wildman–Crippen LogP) is 1.63. The van der Waals surface area contributed by atoms with E-state index in [1.807, 2.05) is 38.1 Å². The van der Waals surface area contributed by atoms with E-state index in [0.717, 1.165) is 11.3 Å². The summed E-state index contributed by atoms with van der Waals surface area (Å²) in [5.41, 5.74) is 1.82. The Labute approximate surface area is 123 Å². The summed E-state index contributed by atoms with van der Waals surface area (Å²) in [6, 6.07) is 6.80. The molecule has 0 aliphatic carbocycles. The van der Waals surface area contributed by atoms with Crippen LogP contribution in [-0.4, -0.2) is 42.9 Å². The van der Waals surface area contributed by atoms with Crippen molar-refractivity contribution in [1.82, 2.24) is 5.32 Å². The molecule has 6 nitrogen and oxygen atoms in total. The first-order chi connectivity index (χ1) is 10.0. The zero-order chi connectivity index (χ0) is 15.4. The molecule has 1 fully saturated rings. The number of benzene rings is 1. The third-order valence-electron chi connectivity index (χ3n) is 3.67. The molecule has 0 spiro atoms. The highest BCUT2D eigenvalue weighted by Gasteiger charge is 2.36. The third kappa shape index (κ3) is 3.33. The molecule has 0 bridgehead atoms. The van der Waals surface area contributed by atoms with Crippen LogP contribution in [0.4, 0.5) is 10.5 Å². The quantitative estimate of drug-likeness (QED) is 0.884. The summed E-state index contributed by atoms with van der Waals surface area (Å²) in [5.74, 6) is -1.64. The number of rotatable bonds is 4. The second kappa shape index (κ2) is 6.58. The van der Waals surface area contributed by atoms with Crippen molar-refractivity contribution in [3.05, 3.63) is 29.8 Å². The Morgan fingerprint density at radius 3 is 2.71 bits per heavy atom. The van der Waals surface area contributed by atoms with Crippen LogP contribution in [0.25, 0.3) is 0 Å². The molecule has 2 amide bonds. The Balaban J connectivity index is 2.11. The number of carboxylic acid groups (broad SMARTS) is 1. The van der Waals surface area contributed by atoms with Gasteiger partial charge in [0.05, 0.1) is 19.3 Å². The first-order valence-electron chi connectivity index (χ1n) is 6.98. The lowest BCUT2D eigenvalue weighted by Gasteiger charge is -2.26. The zero-order valence-electron chi connectivity index (χ0n) is 12.2. The number of carboxylic acids is 1. The summed E-state index contributed by atoms with van der Waals surface area (Å²) in [5, 5.41) is 11.9. The highest BCUT2D eigenvalue weighted by molar-refractivity contribution is 5.93. The minimum Gasteiger partial charge on any atom is -0.481 e. The van der Waals surface area contributed by atoms with E-state index in [1.165, 1.54) is 0 Å². The van der Waals surface area contributed by atoms with Crippen molar-refractivity contribution in [3.63, 3.8) is 0 Å². The number of hydrogen-bond donors (Lipinski definition) is 2. The lowest BCUT2D eigenvalue weighted by molar-refractivity contribution is -0.142. The first-order valence-corrected chi connectivity index (χ1v) is 6.98. The van der Waals surface area contributed by atoms with Gasteiger partial charge in [0.1, 0.15) is 5.92 Å². The number of carbonyl (C=O) groups is 2. The molecule has 1 aromatic carbocycles. The molecule has 2 unspecified atom stereocenters. The van der Waals surface area contributed by atoms with Crippen LogP contribution in [0, 0.1) is 12.8 Å². The van der Waals surface area contributed by atoms with Gasteiger partial charge in [-0.1, -0.05) is 18.2 Å². The number of anilines is 1. The standard InChI is InChI=1S/C15H20N2O4/c1-3-17(13-7-5-4-6-10(13)2)15(20)16-12-9-21-8-11(12)14(18)19/h4-7,11-12H,3,8-9H2,1-2H3,(H,16,20)(H,18,19). The Morgan fingerprint density at radius 1 is 1.38 bits per heavy atom. The summed E-state index contributed by atoms with van der Waals surface area (Å²) < 4.78 is 5.16. The van der Waals surface area contributed by atoms with Gasteiger partial charge in [-0.25, -0.2) is 4.79 Å². The fourth-order valence-corrected chi connectivity index (χ4v) is 2.47.